The van der Waals surface area contributed by atoms with Crippen LogP contribution < -0.4 is 14.8 Å². The Hall–Kier alpha value is -4.01. The second-order valence-electron chi connectivity index (χ2n) is 9.53. The Labute approximate surface area is 231 Å². The summed E-state index contributed by atoms with van der Waals surface area (Å²) < 4.78 is 93.8. The van der Waals surface area contributed by atoms with Crippen molar-refractivity contribution in [2.75, 3.05) is 24.7 Å². The first kappa shape index (κ1) is 28.5. The van der Waals surface area contributed by atoms with Crippen molar-refractivity contribution in [3.05, 3.63) is 83.2 Å². The van der Waals surface area contributed by atoms with E-state index in [0.29, 0.717) is 12.8 Å². The van der Waals surface area contributed by atoms with E-state index in [0.717, 1.165) is 42.8 Å². The zero-order chi connectivity index (χ0) is 29.3. The minimum absolute atomic E-state index is 0.0312. The summed E-state index contributed by atoms with van der Waals surface area (Å²) in [5, 5.41) is 3.14. The number of rotatable bonds is 9. The summed E-state index contributed by atoms with van der Waals surface area (Å²) in [6, 6.07) is 5.86. The number of ketones is 1. The molecule has 5 rings (SSSR count). The zero-order valence-corrected chi connectivity index (χ0v) is 22.3. The molecule has 4 aromatic rings. The molecule has 0 unspecified atom stereocenters. The Kier molecular flexibility index (Phi) is 7.98. The predicted molar refractivity (Wildman–Crippen MR) is 142 cm³/mol. The maximum Gasteiger partial charge on any atom is 0.208 e. The van der Waals surface area contributed by atoms with E-state index in [4.69, 9.17) is 9.47 Å². The van der Waals surface area contributed by atoms with Gasteiger partial charge in [0.1, 0.15) is 17.2 Å². The number of sulfonamides is 1. The number of aromatic nitrogens is 2. The number of H-pyrrole nitrogens is 1. The normalized spacial score (nSPS) is 17.5. The van der Waals surface area contributed by atoms with Gasteiger partial charge in [-0.25, -0.2) is 35.7 Å². The van der Waals surface area contributed by atoms with Crippen LogP contribution in [0, 0.1) is 23.3 Å². The second kappa shape index (κ2) is 11.5. The molecular formula is C27H24F4N4O5S. The third-order valence-corrected chi connectivity index (χ3v) is 7.21. The molecule has 0 bridgehead atoms. The van der Waals surface area contributed by atoms with Crippen molar-refractivity contribution < 1.29 is 40.2 Å². The van der Waals surface area contributed by atoms with E-state index in [9.17, 15) is 22.0 Å². The van der Waals surface area contributed by atoms with Crippen molar-refractivity contribution in [3.63, 3.8) is 0 Å². The maximum atomic E-state index is 15.1. The fraction of sp³-hybridized carbons (Fsp3) is 0.259. The van der Waals surface area contributed by atoms with Crippen LogP contribution in [-0.2, 0) is 14.8 Å². The molecule has 2 atom stereocenters. The molecule has 1 saturated heterocycles. The Bertz CT molecular complexity index is 1700. The van der Waals surface area contributed by atoms with Crippen LogP contribution in [0.25, 0.3) is 11.0 Å². The second-order valence-corrected chi connectivity index (χ2v) is 11.4. The van der Waals surface area contributed by atoms with Crippen LogP contribution >= 0.6 is 0 Å². The first-order valence-corrected chi connectivity index (χ1v) is 14.3. The first-order valence-electron chi connectivity index (χ1n) is 12.4. The lowest BCUT2D eigenvalue weighted by molar-refractivity contribution is 0.0133. The van der Waals surface area contributed by atoms with Gasteiger partial charge in [0.25, 0.3) is 0 Å². The predicted octanol–water partition coefficient (Wildman–Crippen LogP) is 4.65. The fourth-order valence-electron chi connectivity index (χ4n) is 4.51. The van der Waals surface area contributed by atoms with E-state index in [2.05, 4.69) is 20.0 Å². The number of aromatic amines is 1. The summed E-state index contributed by atoms with van der Waals surface area (Å²) in [5.41, 5.74) is -0.297. The van der Waals surface area contributed by atoms with Gasteiger partial charge in [-0.3, -0.25) is 4.79 Å². The van der Waals surface area contributed by atoms with Crippen LogP contribution in [0.15, 0.2) is 48.8 Å². The molecule has 2 aromatic heterocycles. The molecule has 0 aliphatic carbocycles. The number of fused-ring (bicyclic) bond motifs is 1. The Balaban J connectivity index is 1.36. The summed E-state index contributed by atoms with van der Waals surface area (Å²) in [6.07, 6.45) is 3.98. The number of benzene rings is 2. The van der Waals surface area contributed by atoms with Gasteiger partial charge < -0.3 is 19.8 Å². The molecule has 0 spiro atoms. The number of nitrogens with zero attached hydrogens (tertiary/aromatic N) is 1. The SMILES string of the molecule is CS(=O)(=O)NC[C@@H]1CC[C@@H](Nc2c(F)cnc3[nH]cc(C(=O)c4ccc(Oc5c(F)cccc5F)cc4F)c23)CO1. The summed E-state index contributed by atoms with van der Waals surface area (Å²) in [6.45, 7) is 0.256. The number of anilines is 1. The van der Waals surface area contributed by atoms with E-state index in [1.165, 1.54) is 12.3 Å². The zero-order valence-electron chi connectivity index (χ0n) is 21.5. The lowest BCUT2D eigenvalue weighted by atomic mass is 10.0. The van der Waals surface area contributed by atoms with Gasteiger partial charge in [0.05, 0.1) is 47.4 Å². The highest BCUT2D eigenvalue weighted by Gasteiger charge is 2.27. The molecule has 3 heterocycles. The topological polar surface area (TPSA) is 122 Å². The van der Waals surface area contributed by atoms with E-state index < -0.39 is 44.8 Å². The van der Waals surface area contributed by atoms with Crippen LogP contribution in [0.3, 0.4) is 0 Å². The van der Waals surface area contributed by atoms with E-state index in [1.807, 2.05) is 0 Å². The lowest BCUT2D eigenvalue weighted by Gasteiger charge is -2.30. The smallest absolute Gasteiger partial charge is 0.208 e. The molecule has 9 nitrogen and oxygen atoms in total. The largest absolute Gasteiger partial charge is 0.451 e. The molecule has 1 aliphatic heterocycles. The monoisotopic (exact) mass is 592 g/mol. The highest BCUT2D eigenvalue weighted by Crippen LogP contribution is 2.33. The van der Waals surface area contributed by atoms with Crippen molar-refractivity contribution in [1.29, 1.82) is 0 Å². The fourth-order valence-corrected chi connectivity index (χ4v) is 5.00. The van der Waals surface area contributed by atoms with Crippen LogP contribution in [-0.4, -0.2) is 55.7 Å². The average molecular weight is 593 g/mol. The van der Waals surface area contributed by atoms with Gasteiger partial charge in [0, 0.05) is 24.8 Å². The van der Waals surface area contributed by atoms with Crippen LogP contribution in [0.5, 0.6) is 11.5 Å². The number of hydrogen-bond acceptors (Lipinski definition) is 7. The standard InChI is InChI=1S/C27H24F4N4O5S/c1-41(37,38)34-10-16-6-5-14(13-39-16)35-24-22(31)12-33-27-23(24)18(11-32-27)25(36)17-8-7-15(9-21(17)30)40-26-19(28)3-2-4-20(26)29/h2-4,7-9,11-12,14,16,34H,5-6,10,13H2,1H3,(H2,32,33,35)/t14-,16+/m1/s1. The minimum atomic E-state index is -3.37. The number of carbonyl (C=O) groups is 1. The van der Waals surface area contributed by atoms with Crippen LogP contribution in [0.4, 0.5) is 23.2 Å². The number of halogens is 4. The lowest BCUT2D eigenvalue weighted by Crippen LogP contribution is -2.40. The number of nitrogens with one attached hydrogen (secondary N) is 3. The highest BCUT2D eigenvalue weighted by molar-refractivity contribution is 7.88. The molecule has 216 valence electrons. The molecule has 14 heteroatoms. The number of hydrogen-bond donors (Lipinski definition) is 3. The molecule has 2 aromatic carbocycles. The van der Waals surface area contributed by atoms with Crippen molar-refractivity contribution >= 4 is 32.5 Å². The number of carbonyl (C=O) groups excluding carboxylic acids is 1. The Morgan fingerprint density at radius 1 is 1.07 bits per heavy atom. The molecular weight excluding hydrogens is 568 g/mol. The van der Waals surface area contributed by atoms with Gasteiger partial charge >= 0.3 is 0 Å². The molecule has 0 amide bonds. The van der Waals surface area contributed by atoms with E-state index in [-0.39, 0.29) is 58.9 Å². The summed E-state index contributed by atoms with van der Waals surface area (Å²) >= 11 is 0. The number of para-hydroxylation sites is 1. The summed E-state index contributed by atoms with van der Waals surface area (Å²) in [4.78, 5) is 20.2. The van der Waals surface area contributed by atoms with Crippen LogP contribution in [0.1, 0.15) is 28.8 Å². The minimum Gasteiger partial charge on any atom is -0.451 e. The van der Waals surface area contributed by atoms with Gasteiger partial charge in [-0.1, -0.05) is 6.07 Å². The van der Waals surface area contributed by atoms with Gasteiger partial charge in [-0.15, -0.1) is 0 Å². The van der Waals surface area contributed by atoms with Gasteiger partial charge in [-0.05, 0) is 37.1 Å². The quantitative estimate of drug-likeness (QED) is 0.191. The van der Waals surface area contributed by atoms with E-state index >= 15 is 8.78 Å². The summed E-state index contributed by atoms with van der Waals surface area (Å²) in [7, 11) is -3.37. The van der Waals surface area contributed by atoms with Crippen molar-refractivity contribution in [1.82, 2.24) is 14.7 Å². The molecule has 0 saturated carbocycles. The van der Waals surface area contributed by atoms with Crippen LogP contribution in [0.2, 0.25) is 0 Å². The molecule has 41 heavy (non-hydrogen) atoms. The third kappa shape index (κ3) is 6.34. The highest BCUT2D eigenvalue weighted by atomic mass is 32.2. The molecule has 3 N–H and O–H groups in total. The number of pyridine rings is 1. The third-order valence-electron chi connectivity index (χ3n) is 6.52. The van der Waals surface area contributed by atoms with Gasteiger partial charge in [-0.2, -0.15) is 0 Å². The Morgan fingerprint density at radius 3 is 2.49 bits per heavy atom. The molecule has 1 fully saturated rings. The average Bonchev–Trinajstić information content (AvgIpc) is 3.36. The van der Waals surface area contributed by atoms with E-state index in [1.54, 1.807) is 0 Å². The first-order chi connectivity index (χ1) is 19.5. The maximum absolute atomic E-state index is 15.1. The van der Waals surface area contributed by atoms with Crippen molar-refractivity contribution in [3.8, 4) is 11.5 Å². The Morgan fingerprint density at radius 2 is 1.83 bits per heavy atom. The molecule has 1 aliphatic rings. The number of ether oxygens (including phenoxy) is 2. The van der Waals surface area contributed by atoms with Gasteiger partial charge in [0.15, 0.2) is 29.0 Å². The summed E-state index contributed by atoms with van der Waals surface area (Å²) in [5.74, 6) is -5.48. The molecule has 0 radical (unpaired) electrons. The van der Waals surface area contributed by atoms with Crippen molar-refractivity contribution in [2.45, 2.75) is 25.0 Å². The van der Waals surface area contributed by atoms with Crippen molar-refractivity contribution in [2.24, 2.45) is 0 Å². The van der Waals surface area contributed by atoms with Gasteiger partial charge in [0.2, 0.25) is 10.0 Å².